The van der Waals surface area contributed by atoms with Crippen LogP contribution in [0.4, 0.5) is 0 Å². The summed E-state index contributed by atoms with van der Waals surface area (Å²) < 4.78 is 0. The molecule has 0 aliphatic carbocycles. The third-order valence-electron chi connectivity index (χ3n) is 1.27. The Hall–Kier alpha value is -0.0200. The first-order valence-electron chi connectivity index (χ1n) is 3.18. The summed E-state index contributed by atoms with van der Waals surface area (Å²) in [5, 5.41) is 1.05. The van der Waals surface area contributed by atoms with Crippen molar-refractivity contribution >= 4 is 35.6 Å². The predicted octanol–water partition coefficient (Wildman–Crippen LogP) is 2.83. The lowest BCUT2D eigenvalue weighted by atomic mass is 10.2. The summed E-state index contributed by atoms with van der Waals surface area (Å²) in [4.78, 5) is 3.99. The van der Waals surface area contributed by atoms with Crippen LogP contribution in [-0.4, -0.2) is 4.98 Å². The molecule has 2 N–H and O–H groups in total. The molecule has 1 rings (SSSR count). The Kier molecular flexibility index (Phi) is 4.87. The van der Waals surface area contributed by atoms with Gasteiger partial charge in [-0.1, -0.05) is 23.2 Å². The van der Waals surface area contributed by atoms with Crippen LogP contribution in [-0.2, 0) is 0 Å². The molecule has 0 saturated carbocycles. The Balaban J connectivity index is 0.00000121. The van der Waals surface area contributed by atoms with Crippen molar-refractivity contribution in [3.05, 3.63) is 28.0 Å². The summed E-state index contributed by atoms with van der Waals surface area (Å²) in [5.74, 6) is 0. The first-order valence-corrected chi connectivity index (χ1v) is 3.93. The molecule has 0 fully saturated rings. The molecule has 0 amide bonds. The van der Waals surface area contributed by atoms with Gasteiger partial charge in [0.25, 0.3) is 0 Å². The molecule has 1 atom stereocenters. The van der Waals surface area contributed by atoms with Crippen molar-refractivity contribution in [3.8, 4) is 0 Å². The number of nitrogens with two attached hydrogens (primary N) is 1. The van der Waals surface area contributed by atoms with Crippen LogP contribution in [0.1, 0.15) is 18.7 Å². The molecule has 1 aromatic rings. The van der Waals surface area contributed by atoms with Crippen molar-refractivity contribution in [3.63, 3.8) is 0 Å². The van der Waals surface area contributed by atoms with Crippen LogP contribution in [0.3, 0.4) is 0 Å². The minimum Gasteiger partial charge on any atom is -0.323 e. The number of aromatic nitrogens is 1. The Bertz CT molecular complexity index is 263. The first-order chi connectivity index (χ1) is 5.11. The summed E-state index contributed by atoms with van der Waals surface area (Å²) in [5.41, 5.74) is 6.25. The van der Waals surface area contributed by atoms with Gasteiger partial charge >= 0.3 is 0 Å². The fourth-order valence-electron chi connectivity index (χ4n) is 0.760. The largest absolute Gasteiger partial charge is 0.323 e. The van der Waals surface area contributed by atoms with Crippen LogP contribution in [0, 0.1) is 0 Å². The number of nitrogens with zero attached hydrogens (tertiary/aromatic N) is 1. The van der Waals surface area contributed by atoms with Gasteiger partial charge in [-0.3, -0.25) is 4.98 Å². The van der Waals surface area contributed by atoms with E-state index in [1.54, 1.807) is 6.07 Å². The van der Waals surface area contributed by atoms with Gasteiger partial charge in [-0.05, 0) is 13.0 Å². The van der Waals surface area contributed by atoms with Crippen LogP contribution in [0.15, 0.2) is 12.3 Å². The van der Waals surface area contributed by atoms with E-state index >= 15 is 0 Å². The Morgan fingerprint density at radius 2 is 2.08 bits per heavy atom. The molecule has 0 aliphatic heterocycles. The van der Waals surface area contributed by atoms with E-state index < -0.39 is 0 Å². The molecule has 0 aromatic carbocycles. The van der Waals surface area contributed by atoms with Crippen LogP contribution in [0.5, 0.6) is 0 Å². The van der Waals surface area contributed by atoms with Gasteiger partial charge in [0, 0.05) is 12.2 Å². The molecule has 5 heteroatoms. The van der Waals surface area contributed by atoms with E-state index in [0.29, 0.717) is 15.7 Å². The molecule has 0 spiro atoms. The maximum absolute atomic E-state index is 5.80. The van der Waals surface area contributed by atoms with Crippen LogP contribution in [0.25, 0.3) is 0 Å². The second-order valence-corrected chi connectivity index (χ2v) is 3.15. The zero-order valence-electron chi connectivity index (χ0n) is 6.42. The maximum atomic E-state index is 5.80. The predicted molar refractivity (Wildman–Crippen MR) is 54.1 cm³/mol. The highest BCUT2D eigenvalue weighted by Crippen LogP contribution is 2.21. The number of hydrogen-bond donors (Lipinski definition) is 1. The van der Waals surface area contributed by atoms with Crippen LogP contribution in [0.2, 0.25) is 10.0 Å². The molecule has 0 radical (unpaired) electrons. The summed E-state index contributed by atoms with van der Waals surface area (Å²) in [7, 11) is 0. The minimum absolute atomic E-state index is 0. The molecular weight excluding hydrogens is 218 g/mol. The SMILES string of the molecule is CC(N)c1ncc(Cl)cc1Cl.Cl. The van der Waals surface area contributed by atoms with E-state index in [0.717, 1.165) is 0 Å². The zero-order valence-corrected chi connectivity index (χ0v) is 8.75. The van der Waals surface area contributed by atoms with Crippen molar-refractivity contribution in [1.29, 1.82) is 0 Å². The van der Waals surface area contributed by atoms with E-state index in [1.807, 2.05) is 6.92 Å². The smallest absolute Gasteiger partial charge is 0.0755 e. The van der Waals surface area contributed by atoms with Crippen molar-refractivity contribution in [1.82, 2.24) is 4.98 Å². The van der Waals surface area contributed by atoms with Crippen LogP contribution < -0.4 is 5.73 Å². The average molecular weight is 228 g/mol. The van der Waals surface area contributed by atoms with Gasteiger partial charge in [0.2, 0.25) is 0 Å². The van der Waals surface area contributed by atoms with Crippen molar-refractivity contribution < 1.29 is 0 Å². The monoisotopic (exact) mass is 226 g/mol. The molecule has 12 heavy (non-hydrogen) atoms. The van der Waals surface area contributed by atoms with E-state index in [-0.39, 0.29) is 18.4 Å². The lowest BCUT2D eigenvalue weighted by molar-refractivity contribution is 0.781. The minimum atomic E-state index is -0.153. The molecule has 1 aromatic heterocycles. The van der Waals surface area contributed by atoms with E-state index in [1.165, 1.54) is 6.20 Å². The fraction of sp³-hybridized carbons (Fsp3) is 0.286. The topological polar surface area (TPSA) is 38.9 Å². The average Bonchev–Trinajstić information content (AvgIpc) is 1.85. The van der Waals surface area contributed by atoms with E-state index in [2.05, 4.69) is 4.98 Å². The van der Waals surface area contributed by atoms with Crippen LogP contribution >= 0.6 is 35.6 Å². The molecule has 1 heterocycles. The molecule has 2 nitrogen and oxygen atoms in total. The van der Waals surface area contributed by atoms with Crippen molar-refractivity contribution in [2.75, 3.05) is 0 Å². The van der Waals surface area contributed by atoms with Gasteiger partial charge in [-0.25, -0.2) is 0 Å². The molecule has 68 valence electrons. The van der Waals surface area contributed by atoms with Gasteiger partial charge in [0.1, 0.15) is 0 Å². The highest BCUT2D eigenvalue weighted by atomic mass is 35.5. The highest BCUT2D eigenvalue weighted by Gasteiger charge is 2.06. The second kappa shape index (κ2) is 4.87. The third kappa shape index (κ3) is 2.79. The molecule has 0 aliphatic rings. The van der Waals surface area contributed by atoms with Gasteiger partial charge in [-0.15, -0.1) is 12.4 Å². The van der Waals surface area contributed by atoms with E-state index in [9.17, 15) is 0 Å². The quantitative estimate of drug-likeness (QED) is 0.801. The Labute approximate surface area is 87.5 Å². The zero-order chi connectivity index (χ0) is 8.43. The standard InChI is InChI=1S/C7H8Cl2N2.ClH/c1-4(10)7-6(9)2-5(8)3-11-7;/h2-4H,10H2,1H3;1H. The van der Waals surface area contributed by atoms with Gasteiger partial charge in [0.15, 0.2) is 0 Å². The third-order valence-corrected chi connectivity index (χ3v) is 1.78. The lowest BCUT2D eigenvalue weighted by Gasteiger charge is -2.05. The Morgan fingerprint density at radius 1 is 1.50 bits per heavy atom. The molecule has 0 saturated heterocycles. The lowest BCUT2D eigenvalue weighted by Crippen LogP contribution is -2.07. The number of hydrogen-bond acceptors (Lipinski definition) is 2. The first kappa shape index (κ1) is 12.0. The normalized spacial score (nSPS) is 12.0. The number of rotatable bonds is 1. The van der Waals surface area contributed by atoms with Crippen molar-refractivity contribution in [2.45, 2.75) is 13.0 Å². The second-order valence-electron chi connectivity index (χ2n) is 2.31. The highest BCUT2D eigenvalue weighted by molar-refractivity contribution is 6.34. The van der Waals surface area contributed by atoms with Gasteiger partial charge in [-0.2, -0.15) is 0 Å². The fourth-order valence-corrected chi connectivity index (χ4v) is 1.31. The summed E-state index contributed by atoms with van der Waals surface area (Å²) in [6, 6.07) is 1.48. The number of halogens is 3. The summed E-state index contributed by atoms with van der Waals surface area (Å²) >= 11 is 11.4. The molecule has 1 unspecified atom stereocenters. The Morgan fingerprint density at radius 3 is 2.50 bits per heavy atom. The summed E-state index contributed by atoms with van der Waals surface area (Å²) in [6.07, 6.45) is 1.53. The van der Waals surface area contributed by atoms with Crippen molar-refractivity contribution in [2.24, 2.45) is 5.73 Å². The number of pyridine rings is 1. The van der Waals surface area contributed by atoms with Gasteiger partial charge < -0.3 is 5.73 Å². The molecular formula is C7H9Cl3N2. The van der Waals surface area contributed by atoms with E-state index in [4.69, 9.17) is 28.9 Å². The summed E-state index contributed by atoms with van der Waals surface area (Å²) in [6.45, 7) is 1.82. The molecule has 0 bridgehead atoms. The maximum Gasteiger partial charge on any atom is 0.0755 e. The van der Waals surface area contributed by atoms with Gasteiger partial charge in [0.05, 0.1) is 15.7 Å².